The van der Waals surface area contributed by atoms with Crippen molar-refractivity contribution in [2.24, 2.45) is 0 Å². The molecule has 1 fully saturated rings. The molecule has 0 unspecified atom stereocenters. The van der Waals surface area contributed by atoms with Crippen LogP contribution in [0, 0.1) is 0 Å². The molecule has 1 aliphatic rings. The Morgan fingerprint density at radius 2 is 1.00 bits per heavy atom. The minimum absolute atomic E-state index is 0.172. The van der Waals surface area contributed by atoms with E-state index >= 15 is 0 Å². The molecule has 56 heavy (non-hydrogen) atoms. The van der Waals surface area contributed by atoms with Crippen LogP contribution in [-0.2, 0) is 63.1 Å². The van der Waals surface area contributed by atoms with Crippen LogP contribution in [0.3, 0.4) is 0 Å². The number of methoxy groups -OCH3 is 1. The van der Waals surface area contributed by atoms with Crippen molar-refractivity contribution in [1.82, 2.24) is 0 Å². The van der Waals surface area contributed by atoms with Gasteiger partial charge in [-0.3, -0.25) is 0 Å². The molecule has 1 aliphatic heterocycles. The lowest BCUT2D eigenvalue weighted by atomic mass is 9.87. The van der Waals surface area contributed by atoms with E-state index in [0.717, 1.165) is 50.3 Å². The van der Waals surface area contributed by atoms with Gasteiger partial charge in [0, 0.05) is 6.42 Å². The maximum Gasteiger partial charge on any atom is 0.122 e. The first-order valence-corrected chi connectivity index (χ1v) is 19.3. The van der Waals surface area contributed by atoms with E-state index < -0.39 is 30.5 Å². The highest BCUT2D eigenvalue weighted by molar-refractivity contribution is 5.41. The average molecular weight is 751 g/mol. The van der Waals surface area contributed by atoms with Gasteiger partial charge in [0.15, 0.2) is 0 Å². The summed E-state index contributed by atoms with van der Waals surface area (Å²) in [6, 6.07) is 54.7. The zero-order chi connectivity index (χ0) is 38.4. The number of para-hydroxylation sites is 1. The first kappa shape index (κ1) is 39.1. The summed E-state index contributed by atoms with van der Waals surface area (Å²) in [6.45, 7) is 1.50. The van der Waals surface area contributed by atoms with Crippen molar-refractivity contribution in [2.75, 3.05) is 13.7 Å². The molecule has 0 bridgehead atoms. The van der Waals surface area contributed by atoms with Gasteiger partial charge < -0.3 is 33.5 Å². The lowest BCUT2D eigenvalue weighted by molar-refractivity contribution is -0.275. The molecular formula is C49H50O7. The molecule has 0 aromatic heterocycles. The molecule has 0 saturated carbocycles. The standard InChI is InChI=1S/C49H50O7/c1-51-44-25-15-14-24-41(44)28-40-26-27-42(30-50)43(29-40)46-48(54-33-38-20-10-4-11-21-38)49(55-34-39-22-12-5-13-23-39)47(53-32-37-18-8-3-9-19-37)45(56-46)35-52-31-36-16-6-2-7-17-36/h2-27,29,45-50H,28,30-35H2,1H3/t45-,46+,47-,48+,49+/m1/s1. The Labute approximate surface area is 330 Å². The second kappa shape index (κ2) is 20.2. The minimum atomic E-state index is -0.638. The molecule has 6 aromatic carbocycles. The van der Waals surface area contributed by atoms with Gasteiger partial charge in [-0.25, -0.2) is 0 Å². The van der Waals surface area contributed by atoms with Crippen LogP contribution in [-0.4, -0.2) is 43.2 Å². The number of rotatable bonds is 18. The highest BCUT2D eigenvalue weighted by Gasteiger charge is 2.49. The van der Waals surface area contributed by atoms with E-state index in [1.807, 2.05) is 109 Å². The van der Waals surface area contributed by atoms with E-state index in [0.29, 0.717) is 32.8 Å². The predicted molar refractivity (Wildman–Crippen MR) is 217 cm³/mol. The van der Waals surface area contributed by atoms with Crippen LogP contribution in [0.4, 0.5) is 0 Å². The SMILES string of the molecule is COc1ccccc1Cc1ccc(CO)c([C@@H]2O[C@H](COCc3ccccc3)[C@@H](OCc3ccccc3)[C@H](OCc3ccccc3)[C@H]2OCc2ccccc2)c1. The summed E-state index contributed by atoms with van der Waals surface area (Å²) in [5.41, 5.74) is 7.85. The molecule has 0 spiro atoms. The highest BCUT2D eigenvalue weighted by Crippen LogP contribution is 2.40. The Morgan fingerprint density at radius 3 is 1.55 bits per heavy atom. The average Bonchev–Trinajstić information content (AvgIpc) is 3.26. The van der Waals surface area contributed by atoms with Gasteiger partial charge in [0.25, 0.3) is 0 Å². The fourth-order valence-electron chi connectivity index (χ4n) is 7.27. The van der Waals surface area contributed by atoms with Crippen molar-refractivity contribution in [3.8, 4) is 5.75 Å². The lowest BCUT2D eigenvalue weighted by Gasteiger charge is -2.47. The van der Waals surface area contributed by atoms with E-state index in [4.69, 9.17) is 28.4 Å². The summed E-state index contributed by atoms with van der Waals surface area (Å²) in [5.74, 6) is 0.821. The number of benzene rings is 6. The van der Waals surface area contributed by atoms with E-state index in [1.54, 1.807) is 7.11 Å². The molecule has 7 heteroatoms. The Kier molecular flexibility index (Phi) is 14.1. The molecule has 0 aliphatic carbocycles. The van der Waals surface area contributed by atoms with Crippen molar-refractivity contribution in [3.63, 3.8) is 0 Å². The van der Waals surface area contributed by atoms with Crippen LogP contribution in [0.2, 0.25) is 0 Å². The van der Waals surface area contributed by atoms with Gasteiger partial charge in [0.1, 0.15) is 36.3 Å². The fraction of sp³-hybridized carbons (Fsp3) is 0.265. The Bertz CT molecular complexity index is 2040. The van der Waals surface area contributed by atoms with E-state index in [9.17, 15) is 5.11 Å². The molecule has 5 atom stereocenters. The molecule has 7 nitrogen and oxygen atoms in total. The van der Waals surface area contributed by atoms with Crippen LogP contribution in [0.5, 0.6) is 5.75 Å². The molecule has 1 N–H and O–H groups in total. The highest BCUT2D eigenvalue weighted by atomic mass is 16.6. The Balaban J connectivity index is 1.29. The summed E-state index contributed by atoms with van der Waals surface area (Å²) < 4.78 is 40.1. The van der Waals surface area contributed by atoms with Crippen molar-refractivity contribution in [1.29, 1.82) is 0 Å². The molecule has 6 aromatic rings. The van der Waals surface area contributed by atoms with E-state index in [-0.39, 0.29) is 13.2 Å². The summed E-state index contributed by atoms with van der Waals surface area (Å²) in [7, 11) is 1.69. The number of ether oxygens (including phenoxy) is 6. The molecule has 0 radical (unpaired) electrons. The monoisotopic (exact) mass is 750 g/mol. The third-order valence-corrected chi connectivity index (χ3v) is 10.2. The molecular weight excluding hydrogens is 701 g/mol. The normalized spacial score (nSPS) is 19.4. The van der Waals surface area contributed by atoms with Crippen LogP contribution in [0.25, 0.3) is 0 Å². The number of aliphatic hydroxyl groups excluding tert-OH is 1. The lowest BCUT2D eigenvalue weighted by Crippen LogP contribution is -2.58. The topological polar surface area (TPSA) is 75.6 Å². The summed E-state index contributed by atoms with van der Waals surface area (Å²) in [6.07, 6.45) is -2.34. The van der Waals surface area contributed by atoms with Crippen molar-refractivity contribution in [2.45, 2.75) is 70.0 Å². The Morgan fingerprint density at radius 1 is 0.500 bits per heavy atom. The van der Waals surface area contributed by atoms with Crippen LogP contribution in [0.15, 0.2) is 164 Å². The number of aliphatic hydroxyl groups is 1. The maximum absolute atomic E-state index is 10.8. The largest absolute Gasteiger partial charge is 0.496 e. The zero-order valence-corrected chi connectivity index (χ0v) is 31.8. The first-order chi connectivity index (χ1) is 27.7. The van der Waals surface area contributed by atoms with Gasteiger partial charge >= 0.3 is 0 Å². The van der Waals surface area contributed by atoms with Crippen LogP contribution < -0.4 is 4.74 Å². The first-order valence-electron chi connectivity index (χ1n) is 19.3. The van der Waals surface area contributed by atoms with Crippen molar-refractivity contribution >= 4 is 0 Å². The van der Waals surface area contributed by atoms with Gasteiger partial charge in [-0.2, -0.15) is 0 Å². The van der Waals surface area contributed by atoms with Crippen LogP contribution >= 0.6 is 0 Å². The van der Waals surface area contributed by atoms with Gasteiger partial charge in [-0.1, -0.05) is 158 Å². The second-order valence-electron chi connectivity index (χ2n) is 14.1. The molecule has 1 heterocycles. The van der Waals surface area contributed by atoms with Crippen LogP contribution in [0.1, 0.15) is 50.6 Å². The zero-order valence-electron chi connectivity index (χ0n) is 31.8. The van der Waals surface area contributed by atoms with Gasteiger partial charge in [-0.05, 0) is 50.6 Å². The maximum atomic E-state index is 10.8. The molecule has 288 valence electrons. The van der Waals surface area contributed by atoms with Gasteiger partial charge in [0.2, 0.25) is 0 Å². The third-order valence-electron chi connectivity index (χ3n) is 10.2. The fourth-order valence-corrected chi connectivity index (χ4v) is 7.27. The third kappa shape index (κ3) is 10.4. The smallest absolute Gasteiger partial charge is 0.122 e. The van der Waals surface area contributed by atoms with Crippen molar-refractivity contribution < 1.29 is 33.5 Å². The second-order valence-corrected chi connectivity index (χ2v) is 14.1. The van der Waals surface area contributed by atoms with Gasteiger partial charge in [0.05, 0.1) is 46.8 Å². The molecule has 0 amide bonds. The van der Waals surface area contributed by atoms with E-state index in [1.165, 1.54) is 0 Å². The predicted octanol–water partition coefficient (Wildman–Crippen LogP) is 9.19. The number of hydrogen-bond donors (Lipinski definition) is 1. The Hall–Kier alpha value is -5.12. The van der Waals surface area contributed by atoms with Gasteiger partial charge in [-0.15, -0.1) is 0 Å². The van der Waals surface area contributed by atoms with Crippen molar-refractivity contribution in [3.05, 3.63) is 208 Å². The minimum Gasteiger partial charge on any atom is -0.496 e. The van der Waals surface area contributed by atoms with E-state index in [2.05, 4.69) is 54.6 Å². The summed E-state index contributed by atoms with van der Waals surface area (Å²) in [5, 5.41) is 10.8. The quantitative estimate of drug-likeness (QED) is 0.0940. The number of hydrogen-bond acceptors (Lipinski definition) is 7. The molecule has 1 saturated heterocycles. The summed E-state index contributed by atoms with van der Waals surface area (Å²) >= 11 is 0. The molecule has 7 rings (SSSR count). The summed E-state index contributed by atoms with van der Waals surface area (Å²) in [4.78, 5) is 0.